The average Bonchev–Trinajstić information content (AvgIpc) is 2.20. The normalized spacial score (nSPS) is 9.56. The maximum Gasteiger partial charge on any atom is 2.00 e. The van der Waals surface area contributed by atoms with E-state index < -0.39 is 6.03 Å². The molecule has 0 unspecified atom stereocenters. The van der Waals surface area contributed by atoms with E-state index in [0.29, 0.717) is 11.3 Å². The summed E-state index contributed by atoms with van der Waals surface area (Å²) in [5.74, 6) is 0.648. The van der Waals surface area contributed by atoms with Crippen LogP contribution in [0.4, 0.5) is 0 Å². The number of amides is 2. The van der Waals surface area contributed by atoms with Crippen LogP contribution in [-0.4, -0.2) is 29.3 Å². The first kappa shape index (κ1) is 14.3. The van der Waals surface area contributed by atoms with Crippen molar-refractivity contribution in [1.29, 1.82) is 0 Å². The van der Waals surface area contributed by atoms with Crippen LogP contribution in [0.15, 0.2) is 23.3 Å². The molecule has 0 saturated carbocycles. The molecule has 5 N–H and O–H groups in total. The number of primary amides is 1. The zero-order valence-corrected chi connectivity index (χ0v) is 9.38. The third-order valence-electron chi connectivity index (χ3n) is 1.64. The van der Waals surface area contributed by atoms with E-state index in [0.717, 1.165) is 0 Å². The third-order valence-corrected chi connectivity index (χ3v) is 1.64. The van der Waals surface area contributed by atoms with Gasteiger partial charge in [0.25, 0.3) is 0 Å². The number of carbonyl (C=O) groups excluding carboxylic acids is 1. The predicted molar refractivity (Wildman–Crippen MR) is 58.1 cm³/mol. The molecule has 89 valence electrons. The Morgan fingerprint density at radius 3 is 2.88 bits per heavy atom. The van der Waals surface area contributed by atoms with Crippen LogP contribution in [0.25, 0.3) is 5.43 Å². The molecule has 1 aromatic rings. The Labute approximate surface area is 103 Å². The van der Waals surface area contributed by atoms with Crippen molar-refractivity contribution in [3.63, 3.8) is 0 Å². The number of methoxy groups -OCH3 is 1. The van der Waals surface area contributed by atoms with Gasteiger partial charge in [0.1, 0.15) is 0 Å². The molecule has 0 spiro atoms. The van der Waals surface area contributed by atoms with E-state index in [4.69, 9.17) is 20.4 Å². The summed E-state index contributed by atoms with van der Waals surface area (Å²) in [5, 5.41) is 11.2. The summed E-state index contributed by atoms with van der Waals surface area (Å²) in [6.45, 7) is 0. The number of urea groups is 1. The Balaban J connectivity index is 0.00000225. The number of hydrogen-bond donors (Lipinski definition) is 1. The summed E-state index contributed by atoms with van der Waals surface area (Å²) in [5.41, 5.74) is 8.61. The number of nitrogens with zero attached hydrogens (tertiary/aromatic N) is 2. The molecule has 0 aliphatic heterocycles. The van der Waals surface area contributed by atoms with Crippen molar-refractivity contribution < 1.29 is 31.7 Å². The van der Waals surface area contributed by atoms with E-state index in [-0.39, 0.29) is 22.8 Å². The van der Waals surface area contributed by atoms with Gasteiger partial charge >= 0.3 is 28.8 Å². The summed E-state index contributed by atoms with van der Waals surface area (Å²) in [6, 6.07) is 4.45. The van der Waals surface area contributed by atoms with Crippen LogP contribution in [0.1, 0.15) is 5.56 Å². The van der Waals surface area contributed by atoms with Crippen LogP contribution < -0.4 is 10.5 Å². The topological polar surface area (TPSA) is 106 Å². The second-order valence-electron chi connectivity index (χ2n) is 2.63. The summed E-state index contributed by atoms with van der Waals surface area (Å²) >= 11 is 0. The second-order valence-corrected chi connectivity index (χ2v) is 2.63. The molecular formula is C9H12CuN3O3+3. The Hall–Kier alpha value is -1.72. The minimum atomic E-state index is -0.624. The smallest absolute Gasteiger partial charge is 0.590 e. The van der Waals surface area contributed by atoms with E-state index >= 15 is 0 Å². The number of ether oxygens (including phenoxy) is 1. The fourth-order valence-electron chi connectivity index (χ4n) is 0.976. The van der Waals surface area contributed by atoms with Gasteiger partial charge in [-0.25, -0.2) is 0 Å². The largest absolute Gasteiger partial charge is 2.00 e. The van der Waals surface area contributed by atoms with Gasteiger partial charge in [0.05, 0.1) is 12.7 Å². The van der Waals surface area contributed by atoms with Crippen molar-refractivity contribution in [1.82, 2.24) is 0 Å². The Kier molecular flexibility index (Phi) is 5.99. The molecule has 6 nitrogen and oxygen atoms in total. The molecule has 16 heavy (non-hydrogen) atoms. The summed E-state index contributed by atoms with van der Waals surface area (Å²) in [6.07, 6.45) is 1.31. The molecule has 2 amide bonds. The van der Waals surface area contributed by atoms with Crippen molar-refractivity contribution in [2.24, 2.45) is 10.8 Å². The van der Waals surface area contributed by atoms with Gasteiger partial charge in [-0.3, -0.25) is 15.3 Å². The van der Waals surface area contributed by atoms with Crippen LogP contribution in [0.5, 0.6) is 11.5 Å². The van der Waals surface area contributed by atoms with Crippen molar-refractivity contribution in [3.05, 3.63) is 29.2 Å². The number of nitrogens with two attached hydrogens (primary N) is 1. The standard InChI is InChI=1S/C9H11N3O3.Cu/c1-15-7-4-2-3-6(8(7)13)5-11-12-9(10)14;/h2-5H,1H3,(H4,10,11,12,13,14);/q;+2/p+1. The fraction of sp³-hybridized carbons (Fsp3) is 0.111. The second kappa shape index (κ2) is 6.71. The number of para-hydroxylation sites is 1. The molecule has 1 rings (SSSR count). The van der Waals surface area contributed by atoms with Crippen LogP contribution >= 0.6 is 0 Å². The van der Waals surface area contributed by atoms with E-state index in [9.17, 15) is 0 Å². The first-order chi connectivity index (χ1) is 7.15. The first-order valence-electron chi connectivity index (χ1n) is 4.09. The van der Waals surface area contributed by atoms with Crippen molar-refractivity contribution in [3.8, 4) is 11.5 Å². The average molecular weight is 274 g/mol. The van der Waals surface area contributed by atoms with Crippen LogP contribution in [0.2, 0.25) is 0 Å². The molecule has 1 aromatic carbocycles. The van der Waals surface area contributed by atoms with Gasteiger partial charge in [0, 0.05) is 6.21 Å². The minimum absolute atomic E-state index is 0. The predicted octanol–water partition coefficient (Wildman–Crippen LogP) is 0.257. The molecule has 7 heteroatoms. The van der Waals surface area contributed by atoms with Crippen LogP contribution in [0.3, 0.4) is 0 Å². The molecule has 1 radical (unpaired) electrons. The van der Waals surface area contributed by atoms with Gasteiger partial charge < -0.3 is 15.6 Å². The molecule has 0 heterocycles. The quantitative estimate of drug-likeness (QED) is 0.363. The van der Waals surface area contributed by atoms with Crippen LogP contribution in [-0.2, 0) is 17.1 Å². The number of hydrogen-bond acceptors (Lipinski definition) is 2. The molecule has 0 fully saturated rings. The monoisotopic (exact) mass is 273 g/mol. The third kappa shape index (κ3) is 3.80. The maximum atomic E-state index is 8.54. The summed E-state index contributed by atoms with van der Waals surface area (Å²) in [7, 11) is 1.48. The molecule has 0 aliphatic carbocycles. The summed E-state index contributed by atoms with van der Waals surface area (Å²) < 4.78 is 4.95. The minimum Gasteiger partial charge on any atom is -0.590 e. The van der Waals surface area contributed by atoms with Gasteiger partial charge in [0.2, 0.25) is 5.75 Å². The Morgan fingerprint density at radius 2 is 2.31 bits per heavy atom. The van der Waals surface area contributed by atoms with Gasteiger partial charge in [-0.15, -0.1) is 0 Å². The van der Waals surface area contributed by atoms with E-state index in [1.807, 2.05) is 0 Å². The fourth-order valence-corrected chi connectivity index (χ4v) is 0.976. The zero-order chi connectivity index (χ0) is 11.3. The van der Waals surface area contributed by atoms with E-state index in [1.54, 1.807) is 18.2 Å². The van der Waals surface area contributed by atoms with E-state index in [1.165, 1.54) is 13.3 Å². The van der Waals surface area contributed by atoms with Gasteiger partial charge in [-0.05, 0) is 12.1 Å². The Bertz CT molecular complexity index is 396. The SMILES string of the molecule is COc1cccc(C=N[N-]C(N)=[OH+])c1[OH2+].[Cu+2]. The van der Waals surface area contributed by atoms with Crippen LogP contribution in [0, 0.1) is 0 Å². The summed E-state index contributed by atoms with van der Waals surface area (Å²) in [4.78, 5) is 8.54. The van der Waals surface area contributed by atoms with E-state index in [2.05, 4.69) is 10.5 Å². The Morgan fingerprint density at radius 1 is 1.62 bits per heavy atom. The zero-order valence-electron chi connectivity index (χ0n) is 8.44. The molecule has 0 atom stereocenters. The van der Waals surface area contributed by atoms with Crippen molar-refractivity contribution in [2.75, 3.05) is 7.11 Å². The maximum absolute atomic E-state index is 8.54. The molecule has 0 saturated heterocycles. The van der Waals surface area contributed by atoms with Gasteiger partial charge in [0.15, 0.2) is 0 Å². The number of rotatable bonds is 3. The molecule has 0 aliphatic rings. The molecular weight excluding hydrogens is 262 g/mol. The molecule has 0 bridgehead atoms. The first-order valence-corrected chi connectivity index (χ1v) is 4.09. The van der Waals surface area contributed by atoms with Crippen molar-refractivity contribution >= 4 is 12.2 Å². The number of benzene rings is 1. The van der Waals surface area contributed by atoms with Gasteiger partial charge in [-0.1, -0.05) is 6.07 Å². The van der Waals surface area contributed by atoms with Gasteiger partial charge in [-0.2, -0.15) is 0 Å². The van der Waals surface area contributed by atoms with Crippen molar-refractivity contribution in [2.45, 2.75) is 0 Å². The molecule has 0 aromatic heterocycles.